The molecule has 1 aromatic heterocycles. The maximum Gasteiger partial charge on any atom is 0.340 e. The van der Waals surface area contributed by atoms with Crippen LogP contribution in [-0.4, -0.2) is 29.3 Å². The van der Waals surface area contributed by atoms with Crippen LogP contribution in [-0.2, 0) is 9.53 Å². The molecule has 4 rings (SSSR count). The summed E-state index contributed by atoms with van der Waals surface area (Å²) in [6, 6.07) is 11.8. The van der Waals surface area contributed by atoms with E-state index < -0.39 is 17.4 Å². The maximum atomic E-state index is 13.1. The van der Waals surface area contributed by atoms with Crippen LogP contribution in [0.3, 0.4) is 0 Å². The van der Waals surface area contributed by atoms with E-state index >= 15 is 0 Å². The Labute approximate surface area is 177 Å². The van der Waals surface area contributed by atoms with Gasteiger partial charge in [-0.1, -0.05) is 18.2 Å². The fraction of sp³-hybridized carbons (Fsp3) is 0.217. The second-order valence-electron chi connectivity index (χ2n) is 6.94. The third-order valence-electron chi connectivity index (χ3n) is 5.08. The molecule has 0 amide bonds. The highest BCUT2D eigenvalue weighted by atomic mass is 16.5. The van der Waals surface area contributed by atoms with Crippen LogP contribution in [0.25, 0.3) is 10.9 Å². The Hall–Kier alpha value is -3.94. The topological polar surface area (TPSA) is 124 Å². The van der Waals surface area contributed by atoms with Crippen molar-refractivity contribution >= 4 is 16.9 Å². The van der Waals surface area contributed by atoms with Crippen molar-refractivity contribution in [1.29, 1.82) is 0 Å². The van der Waals surface area contributed by atoms with Crippen molar-refractivity contribution in [1.82, 2.24) is 4.98 Å². The fourth-order valence-corrected chi connectivity index (χ4v) is 3.79. The van der Waals surface area contributed by atoms with Gasteiger partial charge in [0.15, 0.2) is 11.5 Å². The lowest BCUT2D eigenvalue weighted by Crippen LogP contribution is -2.32. The van der Waals surface area contributed by atoms with Crippen LogP contribution in [0.1, 0.15) is 30.9 Å². The predicted octanol–water partition coefficient (Wildman–Crippen LogP) is 2.89. The van der Waals surface area contributed by atoms with E-state index in [1.165, 1.54) is 6.07 Å². The first-order valence-electron chi connectivity index (χ1n) is 9.91. The van der Waals surface area contributed by atoms with Crippen molar-refractivity contribution in [2.24, 2.45) is 5.73 Å². The minimum absolute atomic E-state index is 0.0169. The molecule has 1 atom stereocenters. The number of nitrogens with two attached hydrogens (primary N) is 1. The molecule has 4 N–H and O–H groups in total. The summed E-state index contributed by atoms with van der Waals surface area (Å²) < 4.78 is 16.5. The Morgan fingerprint density at radius 3 is 2.71 bits per heavy atom. The highest BCUT2D eigenvalue weighted by Crippen LogP contribution is 2.45. The van der Waals surface area contributed by atoms with Crippen molar-refractivity contribution in [2.45, 2.75) is 19.8 Å². The van der Waals surface area contributed by atoms with Gasteiger partial charge >= 0.3 is 5.97 Å². The van der Waals surface area contributed by atoms with Gasteiger partial charge in [0.25, 0.3) is 5.56 Å². The molecule has 0 bridgehead atoms. The molecule has 0 fully saturated rings. The molecule has 8 heteroatoms. The summed E-state index contributed by atoms with van der Waals surface area (Å²) in [6.07, 6.45) is 0. The van der Waals surface area contributed by atoms with Crippen molar-refractivity contribution in [3.63, 3.8) is 0 Å². The smallest absolute Gasteiger partial charge is 0.340 e. The normalized spacial score (nSPS) is 15.4. The zero-order chi connectivity index (χ0) is 22.1. The number of hydrogen-bond donors (Lipinski definition) is 3. The van der Waals surface area contributed by atoms with Crippen LogP contribution in [0.15, 0.2) is 58.7 Å². The van der Waals surface area contributed by atoms with E-state index in [9.17, 15) is 14.7 Å². The molecule has 0 saturated heterocycles. The minimum Gasteiger partial charge on any atom is -0.504 e. The molecule has 0 aliphatic carbocycles. The van der Waals surface area contributed by atoms with E-state index in [4.69, 9.17) is 19.9 Å². The number of para-hydroxylation sites is 1. The Morgan fingerprint density at radius 1 is 1.19 bits per heavy atom. The number of carbonyl (C=O) groups excluding carboxylic acids is 1. The summed E-state index contributed by atoms with van der Waals surface area (Å²) in [7, 11) is 0. The number of rotatable bonds is 5. The number of hydrogen-bond acceptors (Lipinski definition) is 7. The van der Waals surface area contributed by atoms with Gasteiger partial charge in [-0.3, -0.25) is 4.79 Å². The van der Waals surface area contributed by atoms with Gasteiger partial charge in [0.2, 0.25) is 5.88 Å². The van der Waals surface area contributed by atoms with Crippen LogP contribution < -0.4 is 20.8 Å². The first-order chi connectivity index (χ1) is 15.0. The monoisotopic (exact) mass is 422 g/mol. The number of pyridine rings is 1. The van der Waals surface area contributed by atoms with Crippen LogP contribution in [0.5, 0.6) is 17.2 Å². The molecule has 1 aliphatic heterocycles. The van der Waals surface area contributed by atoms with Crippen molar-refractivity contribution in [2.75, 3.05) is 13.2 Å². The average Bonchev–Trinajstić information content (AvgIpc) is 2.75. The standard InChI is InChI=1S/C23H22N2O6/c1-3-29-16-11-12(9-10-15(16)26)17-18-20(31-21(24)19(17)23(28)30-4-2)13-7-5-6-8-14(13)25-22(18)27/h5-11,17,26H,3-4,24H2,1-2H3,(H,25,27)/t17-/m0/s1. The number of carbonyl (C=O) groups is 1. The number of nitrogens with one attached hydrogen (secondary N) is 1. The third-order valence-corrected chi connectivity index (χ3v) is 5.08. The van der Waals surface area contributed by atoms with Crippen LogP contribution in [0.2, 0.25) is 0 Å². The van der Waals surface area contributed by atoms with Gasteiger partial charge in [0.05, 0.1) is 30.2 Å². The van der Waals surface area contributed by atoms with Gasteiger partial charge in [-0.2, -0.15) is 0 Å². The largest absolute Gasteiger partial charge is 0.504 e. The van der Waals surface area contributed by atoms with E-state index in [-0.39, 0.29) is 40.9 Å². The van der Waals surface area contributed by atoms with Gasteiger partial charge in [0, 0.05) is 5.39 Å². The molecule has 31 heavy (non-hydrogen) atoms. The molecule has 8 nitrogen and oxygen atoms in total. The Balaban J connectivity index is 2.02. The number of fused-ring (bicyclic) bond motifs is 3. The van der Waals surface area contributed by atoms with E-state index in [2.05, 4.69) is 4.98 Å². The van der Waals surface area contributed by atoms with Gasteiger partial charge < -0.3 is 30.0 Å². The lowest BCUT2D eigenvalue weighted by atomic mass is 9.82. The number of phenolic OH excluding ortho intramolecular Hbond substituents is 1. The van der Waals surface area contributed by atoms with Crippen molar-refractivity contribution in [3.05, 3.63) is 75.4 Å². The zero-order valence-corrected chi connectivity index (χ0v) is 17.1. The van der Waals surface area contributed by atoms with Crippen LogP contribution in [0.4, 0.5) is 0 Å². The Morgan fingerprint density at radius 2 is 1.97 bits per heavy atom. The third kappa shape index (κ3) is 3.46. The summed E-state index contributed by atoms with van der Waals surface area (Å²) in [4.78, 5) is 28.8. The first-order valence-corrected chi connectivity index (χ1v) is 9.91. The van der Waals surface area contributed by atoms with Crippen LogP contribution >= 0.6 is 0 Å². The molecule has 1 aliphatic rings. The summed E-state index contributed by atoms with van der Waals surface area (Å²) in [5.74, 6) is -1.25. The van der Waals surface area contributed by atoms with Crippen molar-refractivity contribution < 1.29 is 24.1 Å². The number of aromatic hydroxyl groups is 1. The molecule has 0 unspecified atom stereocenters. The maximum absolute atomic E-state index is 13.1. The molecular weight excluding hydrogens is 400 g/mol. The molecule has 2 aromatic carbocycles. The molecular formula is C23H22N2O6. The molecule has 160 valence electrons. The van der Waals surface area contributed by atoms with Gasteiger partial charge in [0.1, 0.15) is 11.3 Å². The molecule has 3 aromatic rings. The van der Waals surface area contributed by atoms with Crippen molar-refractivity contribution in [3.8, 4) is 17.2 Å². The number of ether oxygens (including phenoxy) is 3. The zero-order valence-electron chi connectivity index (χ0n) is 17.1. The van der Waals surface area contributed by atoms with E-state index in [1.807, 2.05) is 6.07 Å². The number of H-pyrrole nitrogens is 1. The molecule has 0 radical (unpaired) electrons. The van der Waals surface area contributed by atoms with Gasteiger partial charge in [-0.05, 0) is 43.7 Å². The van der Waals surface area contributed by atoms with Gasteiger partial charge in [-0.25, -0.2) is 4.79 Å². The number of aromatic amines is 1. The number of phenols is 1. The summed E-state index contributed by atoms with van der Waals surface area (Å²) >= 11 is 0. The lowest BCUT2D eigenvalue weighted by molar-refractivity contribution is -0.139. The summed E-state index contributed by atoms with van der Waals surface area (Å²) in [6.45, 7) is 3.92. The SMILES string of the molecule is CCOC(=O)C1=C(N)Oc2c(c(=O)[nH]c3ccccc23)[C@@H]1c1ccc(O)c(OCC)c1. The summed E-state index contributed by atoms with van der Waals surface area (Å²) in [5, 5.41) is 10.8. The summed E-state index contributed by atoms with van der Waals surface area (Å²) in [5.41, 5.74) is 7.12. The van der Waals surface area contributed by atoms with Crippen LogP contribution in [0, 0.1) is 0 Å². The molecule has 0 saturated carbocycles. The molecule has 0 spiro atoms. The first kappa shape index (κ1) is 20.3. The lowest BCUT2D eigenvalue weighted by Gasteiger charge is -2.28. The number of esters is 1. The second-order valence-corrected chi connectivity index (χ2v) is 6.94. The van der Waals surface area contributed by atoms with Gasteiger partial charge in [-0.15, -0.1) is 0 Å². The Bertz CT molecular complexity index is 1260. The highest BCUT2D eigenvalue weighted by molar-refractivity contribution is 5.95. The molecule has 2 heterocycles. The number of benzene rings is 2. The van der Waals surface area contributed by atoms with E-state index in [0.717, 1.165) is 0 Å². The number of aromatic nitrogens is 1. The second kappa shape index (κ2) is 8.06. The quantitative estimate of drug-likeness (QED) is 0.540. The minimum atomic E-state index is -0.879. The fourth-order valence-electron chi connectivity index (χ4n) is 3.79. The highest BCUT2D eigenvalue weighted by Gasteiger charge is 2.38. The Kier molecular flexibility index (Phi) is 5.29. The average molecular weight is 422 g/mol. The predicted molar refractivity (Wildman–Crippen MR) is 114 cm³/mol. The van der Waals surface area contributed by atoms with E-state index in [0.29, 0.717) is 23.1 Å². The van der Waals surface area contributed by atoms with E-state index in [1.54, 1.807) is 44.2 Å².